The van der Waals surface area contributed by atoms with Gasteiger partial charge in [0.15, 0.2) is 5.41 Å². The van der Waals surface area contributed by atoms with E-state index in [1.165, 1.54) is 35.0 Å². The standard InChI is InChI=1S/C6H8F6.C6H11F3.C5H10F2O2.C4H10O2/c1-3-4(2,5(7,8)9)6(10,11)12;1-4-5(2,3)6(7,8)9;1-8-3-5(6,7)4-9-2;1-5-3-4-6-2/h3H2,1-2H3;4H2,1-3H3;3-4H2,1-2H3;3-4H2,1-2H3. The van der Waals surface area contributed by atoms with Gasteiger partial charge in [-0.2, -0.15) is 39.5 Å². The van der Waals surface area contributed by atoms with Crippen molar-refractivity contribution in [3.05, 3.63) is 0 Å². The van der Waals surface area contributed by atoms with Gasteiger partial charge in [0.1, 0.15) is 13.2 Å². The summed E-state index contributed by atoms with van der Waals surface area (Å²) in [5.41, 5.74) is -5.10. The van der Waals surface area contributed by atoms with Crippen LogP contribution in [0.25, 0.3) is 0 Å². The number of hydrogen-bond donors (Lipinski definition) is 0. The van der Waals surface area contributed by atoms with Crippen molar-refractivity contribution in [1.29, 1.82) is 0 Å². The van der Waals surface area contributed by atoms with E-state index in [2.05, 4.69) is 18.9 Å². The van der Waals surface area contributed by atoms with E-state index in [9.17, 15) is 48.3 Å². The molecule has 0 aromatic heterocycles. The molecule has 0 radical (unpaired) electrons. The van der Waals surface area contributed by atoms with Gasteiger partial charge in [0.05, 0.1) is 18.6 Å². The largest absolute Gasteiger partial charge is 0.402 e. The highest BCUT2D eigenvalue weighted by molar-refractivity contribution is 4.87. The van der Waals surface area contributed by atoms with Crippen LogP contribution in [-0.2, 0) is 18.9 Å². The van der Waals surface area contributed by atoms with Gasteiger partial charge >= 0.3 is 18.5 Å². The Morgan fingerprint density at radius 3 is 0.861 bits per heavy atom. The van der Waals surface area contributed by atoms with Crippen molar-refractivity contribution in [3.63, 3.8) is 0 Å². The highest BCUT2D eigenvalue weighted by Gasteiger charge is 2.66. The van der Waals surface area contributed by atoms with Crippen LogP contribution in [0.1, 0.15) is 47.5 Å². The SMILES string of the molecule is CCC(C)(C(F)(F)F)C(F)(F)F.CCC(C)(C)C(F)(F)F.COCC(F)(F)COC.COCCOC. The molecule has 0 aliphatic rings. The summed E-state index contributed by atoms with van der Waals surface area (Å²) >= 11 is 0. The van der Waals surface area contributed by atoms with E-state index >= 15 is 0 Å². The van der Waals surface area contributed by atoms with Crippen molar-refractivity contribution in [3.8, 4) is 0 Å². The maximum Gasteiger partial charge on any atom is 0.402 e. The molecule has 0 aliphatic carbocycles. The molecule has 0 aliphatic heterocycles. The van der Waals surface area contributed by atoms with E-state index in [1.54, 1.807) is 14.2 Å². The maximum atomic E-state index is 12.2. The molecular formula is C21H39F11O4. The third-order valence-corrected chi connectivity index (χ3v) is 4.81. The van der Waals surface area contributed by atoms with Crippen LogP contribution in [-0.4, -0.2) is 79.3 Å². The van der Waals surface area contributed by atoms with Crippen molar-refractivity contribution < 1.29 is 67.2 Å². The molecule has 0 spiro atoms. The summed E-state index contributed by atoms with van der Waals surface area (Å²) in [4.78, 5) is 0. The average Bonchev–Trinajstić information content (AvgIpc) is 2.70. The summed E-state index contributed by atoms with van der Waals surface area (Å²) in [5.74, 6) is -2.84. The lowest BCUT2D eigenvalue weighted by Gasteiger charge is -2.32. The molecule has 15 heteroatoms. The molecule has 0 saturated heterocycles. The molecule has 36 heavy (non-hydrogen) atoms. The maximum absolute atomic E-state index is 12.2. The zero-order chi connectivity index (χ0) is 30.1. The van der Waals surface area contributed by atoms with Gasteiger partial charge in [-0.15, -0.1) is 0 Å². The zero-order valence-corrected chi connectivity index (χ0v) is 22.0. The van der Waals surface area contributed by atoms with Gasteiger partial charge in [0, 0.05) is 28.4 Å². The molecule has 0 unspecified atom stereocenters. The van der Waals surface area contributed by atoms with E-state index in [-0.39, 0.29) is 13.3 Å². The third kappa shape index (κ3) is 18.3. The summed E-state index contributed by atoms with van der Waals surface area (Å²) in [5, 5.41) is 0. The Labute approximate surface area is 205 Å². The summed E-state index contributed by atoms with van der Waals surface area (Å²) in [6.45, 7) is 5.18. The number of alkyl halides is 11. The van der Waals surface area contributed by atoms with E-state index in [0.717, 1.165) is 6.92 Å². The van der Waals surface area contributed by atoms with Crippen LogP contribution in [0, 0.1) is 10.8 Å². The molecule has 224 valence electrons. The van der Waals surface area contributed by atoms with Crippen molar-refractivity contribution in [2.24, 2.45) is 10.8 Å². The fraction of sp³-hybridized carbons (Fsp3) is 1.00. The normalized spacial score (nSPS) is 13.0. The minimum Gasteiger partial charge on any atom is -0.382 e. The summed E-state index contributed by atoms with van der Waals surface area (Å²) in [6, 6.07) is 0. The minimum atomic E-state index is -5.24. The Bertz CT molecular complexity index is 491. The molecule has 0 fully saturated rings. The molecule has 0 amide bonds. The van der Waals surface area contributed by atoms with Crippen LogP contribution in [0.3, 0.4) is 0 Å². The Kier molecular flexibility index (Phi) is 21.5. The second kappa shape index (κ2) is 18.3. The van der Waals surface area contributed by atoms with Crippen molar-refractivity contribution in [2.75, 3.05) is 54.9 Å². The number of halogens is 11. The number of ether oxygens (including phenoxy) is 4. The number of hydrogen-bond acceptors (Lipinski definition) is 4. The Morgan fingerprint density at radius 1 is 0.472 bits per heavy atom. The summed E-state index contributed by atoms with van der Waals surface area (Å²) in [7, 11) is 5.76. The Balaban J connectivity index is -0.000000195. The van der Waals surface area contributed by atoms with Gasteiger partial charge in [-0.1, -0.05) is 27.7 Å². The minimum absolute atomic E-state index is 0.135. The smallest absolute Gasteiger partial charge is 0.382 e. The van der Waals surface area contributed by atoms with Crippen LogP contribution in [0.4, 0.5) is 48.3 Å². The molecule has 0 bridgehead atoms. The van der Waals surface area contributed by atoms with Crippen molar-refractivity contribution >= 4 is 0 Å². The van der Waals surface area contributed by atoms with Crippen LogP contribution >= 0.6 is 0 Å². The second-order valence-corrected chi connectivity index (χ2v) is 8.12. The Morgan fingerprint density at radius 2 is 0.778 bits per heavy atom. The van der Waals surface area contributed by atoms with Crippen molar-refractivity contribution in [1.82, 2.24) is 0 Å². The molecular weight excluding hydrogens is 525 g/mol. The molecule has 0 saturated carbocycles. The molecule has 0 aromatic carbocycles. The lowest BCUT2D eigenvalue weighted by atomic mass is 9.86. The highest BCUT2D eigenvalue weighted by Crippen LogP contribution is 2.51. The fourth-order valence-corrected chi connectivity index (χ4v) is 1.39. The average molecular weight is 565 g/mol. The van der Waals surface area contributed by atoms with Crippen molar-refractivity contribution in [2.45, 2.75) is 71.9 Å². The predicted octanol–water partition coefficient (Wildman–Crippen LogP) is 7.71. The van der Waals surface area contributed by atoms with E-state index in [1.807, 2.05) is 0 Å². The van der Waals surface area contributed by atoms with E-state index < -0.39 is 54.9 Å². The topological polar surface area (TPSA) is 36.9 Å². The molecule has 4 nitrogen and oxygen atoms in total. The van der Waals surface area contributed by atoms with Crippen LogP contribution in [0.2, 0.25) is 0 Å². The van der Waals surface area contributed by atoms with Crippen LogP contribution in [0.5, 0.6) is 0 Å². The van der Waals surface area contributed by atoms with Gasteiger partial charge in [-0.3, -0.25) is 0 Å². The van der Waals surface area contributed by atoms with E-state index in [4.69, 9.17) is 0 Å². The zero-order valence-electron chi connectivity index (χ0n) is 22.0. The summed E-state index contributed by atoms with van der Waals surface area (Å²) < 4.78 is 149. The quantitative estimate of drug-likeness (QED) is 0.212. The first-order chi connectivity index (χ1) is 15.9. The highest BCUT2D eigenvalue weighted by atomic mass is 19.4. The monoisotopic (exact) mass is 564 g/mol. The predicted molar refractivity (Wildman–Crippen MR) is 113 cm³/mol. The molecule has 0 heterocycles. The molecule has 0 aromatic rings. The first-order valence-corrected chi connectivity index (χ1v) is 10.4. The lowest BCUT2D eigenvalue weighted by molar-refractivity contribution is -0.335. The van der Waals surface area contributed by atoms with E-state index in [0.29, 0.717) is 13.2 Å². The fourth-order valence-electron chi connectivity index (χ4n) is 1.39. The Hall–Kier alpha value is -0.930. The summed E-state index contributed by atoms with van der Waals surface area (Å²) in [6.07, 6.45) is -15.4. The van der Waals surface area contributed by atoms with Crippen LogP contribution < -0.4 is 0 Å². The third-order valence-electron chi connectivity index (χ3n) is 4.81. The van der Waals surface area contributed by atoms with Crippen LogP contribution in [0.15, 0.2) is 0 Å². The van der Waals surface area contributed by atoms with Gasteiger partial charge in [0.2, 0.25) is 0 Å². The van der Waals surface area contributed by atoms with Gasteiger partial charge in [0.25, 0.3) is 5.92 Å². The van der Waals surface area contributed by atoms with Gasteiger partial charge in [-0.05, 0) is 19.8 Å². The number of rotatable bonds is 9. The number of methoxy groups -OCH3 is 4. The molecule has 0 atom stereocenters. The lowest BCUT2D eigenvalue weighted by Crippen LogP contribution is -2.47. The van der Waals surface area contributed by atoms with Gasteiger partial charge < -0.3 is 18.9 Å². The molecule has 0 rings (SSSR count). The second-order valence-electron chi connectivity index (χ2n) is 8.12. The molecule has 0 N–H and O–H groups in total. The van der Waals surface area contributed by atoms with Gasteiger partial charge in [-0.25, -0.2) is 8.78 Å². The first kappa shape index (κ1) is 42.2. The first-order valence-electron chi connectivity index (χ1n) is 10.4.